The van der Waals surface area contributed by atoms with Gasteiger partial charge in [-0.25, -0.2) is 4.98 Å². The Kier molecular flexibility index (Phi) is 6.49. The summed E-state index contributed by atoms with van der Waals surface area (Å²) in [5, 5.41) is 8.82. The van der Waals surface area contributed by atoms with E-state index in [-0.39, 0.29) is 24.7 Å². The van der Waals surface area contributed by atoms with E-state index in [1.807, 2.05) is 31.2 Å². The first-order valence-corrected chi connectivity index (χ1v) is 9.71. The first kappa shape index (κ1) is 19.7. The molecule has 9 heteroatoms. The Morgan fingerprint density at radius 1 is 1.21 bits per heavy atom. The number of hydrogen-bond donors (Lipinski definition) is 1. The highest BCUT2D eigenvalue weighted by atomic mass is 32.1. The van der Waals surface area contributed by atoms with Gasteiger partial charge in [-0.05, 0) is 13.8 Å². The highest BCUT2D eigenvalue weighted by Gasteiger charge is 2.13. The lowest BCUT2D eigenvalue weighted by atomic mass is 10.1. The molecule has 1 aromatic carbocycles. The van der Waals surface area contributed by atoms with Gasteiger partial charge in [-0.2, -0.15) is 4.98 Å². The van der Waals surface area contributed by atoms with Crippen molar-refractivity contribution in [3.63, 3.8) is 0 Å². The van der Waals surface area contributed by atoms with E-state index >= 15 is 0 Å². The first-order chi connectivity index (χ1) is 13.5. The molecule has 1 N–H and O–H groups in total. The van der Waals surface area contributed by atoms with Crippen LogP contribution in [0.4, 0.5) is 5.13 Å². The zero-order chi connectivity index (χ0) is 19.9. The summed E-state index contributed by atoms with van der Waals surface area (Å²) < 4.78 is 10.1. The predicted octanol–water partition coefficient (Wildman–Crippen LogP) is 3.18. The van der Waals surface area contributed by atoms with Gasteiger partial charge in [-0.1, -0.05) is 35.0 Å². The maximum absolute atomic E-state index is 12.1. The molecule has 8 nitrogen and oxygen atoms in total. The number of aryl methyl sites for hydroxylation is 2. The fourth-order valence-electron chi connectivity index (χ4n) is 2.38. The molecule has 28 heavy (non-hydrogen) atoms. The average molecular weight is 400 g/mol. The van der Waals surface area contributed by atoms with Crippen molar-refractivity contribution in [2.24, 2.45) is 0 Å². The normalized spacial score (nSPS) is 10.6. The summed E-state index contributed by atoms with van der Waals surface area (Å²) in [5.74, 6) is 0.338. The van der Waals surface area contributed by atoms with Gasteiger partial charge in [0.25, 0.3) is 0 Å². The molecule has 0 aliphatic carbocycles. The van der Waals surface area contributed by atoms with E-state index in [1.54, 1.807) is 12.3 Å². The second kappa shape index (κ2) is 9.23. The third-order valence-electron chi connectivity index (χ3n) is 3.77. The van der Waals surface area contributed by atoms with Crippen LogP contribution in [0.1, 0.15) is 30.5 Å². The van der Waals surface area contributed by atoms with Crippen LogP contribution in [0.2, 0.25) is 0 Å². The molecule has 2 heterocycles. The van der Waals surface area contributed by atoms with Crippen molar-refractivity contribution in [3.05, 3.63) is 46.8 Å². The molecule has 3 rings (SSSR count). The number of rotatable bonds is 8. The van der Waals surface area contributed by atoms with Gasteiger partial charge >= 0.3 is 5.97 Å². The van der Waals surface area contributed by atoms with Gasteiger partial charge in [0, 0.05) is 23.8 Å². The SMILES string of the molecule is CCOC(=O)Cc1csc(NC(=O)CCc2nc(-c3ccc(C)cc3)no2)n1. The molecule has 2 aromatic heterocycles. The van der Waals surface area contributed by atoms with Gasteiger partial charge in [0.15, 0.2) is 5.13 Å². The van der Waals surface area contributed by atoms with Crippen LogP contribution < -0.4 is 5.32 Å². The van der Waals surface area contributed by atoms with Crippen molar-refractivity contribution < 1.29 is 18.8 Å². The average Bonchev–Trinajstić information content (AvgIpc) is 3.30. The number of esters is 1. The molecule has 0 aliphatic heterocycles. The van der Waals surface area contributed by atoms with Crippen LogP contribution in [0, 0.1) is 6.92 Å². The molecule has 3 aromatic rings. The third kappa shape index (κ3) is 5.46. The predicted molar refractivity (Wildman–Crippen MR) is 104 cm³/mol. The Morgan fingerprint density at radius 3 is 2.75 bits per heavy atom. The number of benzene rings is 1. The Hall–Kier alpha value is -3.07. The molecular weight excluding hydrogens is 380 g/mol. The van der Waals surface area contributed by atoms with Crippen molar-refractivity contribution in [2.75, 3.05) is 11.9 Å². The number of thiazole rings is 1. The lowest BCUT2D eigenvalue weighted by Gasteiger charge is -2.00. The number of nitrogens with zero attached hydrogens (tertiary/aromatic N) is 3. The molecular formula is C19H20N4O4S. The summed E-state index contributed by atoms with van der Waals surface area (Å²) in [6.07, 6.45) is 0.595. The second-order valence-corrected chi connectivity index (χ2v) is 6.91. The molecule has 0 bridgehead atoms. The molecule has 1 amide bonds. The molecule has 0 fully saturated rings. The van der Waals surface area contributed by atoms with Crippen molar-refractivity contribution >= 4 is 28.3 Å². The van der Waals surface area contributed by atoms with E-state index in [1.165, 1.54) is 11.3 Å². The molecule has 0 aliphatic rings. The highest BCUT2D eigenvalue weighted by Crippen LogP contribution is 2.18. The van der Waals surface area contributed by atoms with Crippen molar-refractivity contribution in [2.45, 2.75) is 33.1 Å². The standard InChI is InChI=1S/C19H20N4O4S/c1-3-26-17(25)10-14-11-28-19(20-14)21-15(24)8-9-16-22-18(23-27-16)13-6-4-12(2)5-7-13/h4-7,11H,3,8-10H2,1-2H3,(H,20,21,24). The van der Waals surface area contributed by atoms with E-state index in [2.05, 4.69) is 20.4 Å². The zero-order valence-electron chi connectivity index (χ0n) is 15.6. The summed E-state index contributed by atoms with van der Waals surface area (Å²) in [4.78, 5) is 32.1. The van der Waals surface area contributed by atoms with Crippen molar-refractivity contribution in [1.29, 1.82) is 0 Å². The molecule has 0 atom stereocenters. The van der Waals surface area contributed by atoms with Crippen LogP contribution >= 0.6 is 11.3 Å². The number of amides is 1. The van der Waals surface area contributed by atoms with Crippen LogP contribution in [0.3, 0.4) is 0 Å². The van der Waals surface area contributed by atoms with Gasteiger partial charge in [-0.3, -0.25) is 9.59 Å². The largest absolute Gasteiger partial charge is 0.466 e. The van der Waals surface area contributed by atoms with Crippen LogP contribution in [-0.4, -0.2) is 33.6 Å². The van der Waals surface area contributed by atoms with Crippen LogP contribution in [-0.2, 0) is 27.2 Å². The lowest BCUT2D eigenvalue weighted by Crippen LogP contribution is -2.12. The van der Waals surface area contributed by atoms with E-state index < -0.39 is 0 Å². The van der Waals surface area contributed by atoms with Crippen LogP contribution in [0.5, 0.6) is 0 Å². The van der Waals surface area contributed by atoms with Gasteiger partial charge in [0.2, 0.25) is 17.6 Å². The van der Waals surface area contributed by atoms with Crippen molar-refractivity contribution in [3.8, 4) is 11.4 Å². The van der Waals surface area contributed by atoms with Gasteiger partial charge in [0.05, 0.1) is 18.7 Å². The van der Waals surface area contributed by atoms with Gasteiger partial charge in [-0.15, -0.1) is 11.3 Å². The maximum Gasteiger partial charge on any atom is 0.311 e. The minimum absolute atomic E-state index is 0.0873. The minimum Gasteiger partial charge on any atom is -0.466 e. The molecule has 146 valence electrons. The Labute approximate surface area is 165 Å². The number of anilines is 1. The molecule has 0 radical (unpaired) electrons. The number of carbonyl (C=O) groups is 2. The highest BCUT2D eigenvalue weighted by molar-refractivity contribution is 7.13. The monoisotopic (exact) mass is 400 g/mol. The van der Waals surface area contributed by atoms with Crippen LogP contribution in [0.25, 0.3) is 11.4 Å². The van der Waals surface area contributed by atoms with Gasteiger partial charge < -0.3 is 14.6 Å². The number of nitrogens with one attached hydrogen (secondary N) is 1. The fourth-order valence-corrected chi connectivity index (χ4v) is 3.11. The van der Waals surface area contributed by atoms with E-state index in [0.717, 1.165) is 11.1 Å². The van der Waals surface area contributed by atoms with E-state index in [4.69, 9.17) is 9.26 Å². The number of carbonyl (C=O) groups excluding carboxylic acids is 2. The third-order valence-corrected chi connectivity index (χ3v) is 4.58. The second-order valence-electron chi connectivity index (χ2n) is 6.05. The molecule has 0 unspecified atom stereocenters. The molecule has 0 spiro atoms. The van der Waals surface area contributed by atoms with Crippen molar-refractivity contribution in [1.82, 2.24) is 15.1 Å². The summed E-state index contributed by atoms with van der Waals surface area (Å²) in [5.41, 5.74) is 2.58. The topological polar surface area (TPSA) is 107 Å². The zero-order valence-corrected chi connectivity index (χ0v) is 16.4. The lowest BCUT2D eigenvalue weighted by molar-refractivity contribution is -0.142. The maximum atomic E-state index is 12.1. The fraction of sp³-hybridized carbons (Fsp3) is 0.316. The number of ether oxygens (including phenoxy) is 1. The Bertz CT molecular complexity index is 949. The molecule has 0 saturated heterocycles. The quantitative estimate of drug-likeness (QED) is 0.579. The van der Waals surface area contributed by atoms with Crippen LogP contribution in [0.15, 0.2) is 34.2 Å². The summed E-state index contributed by atoms with van der Waals surface area (Å²) in [6, 6.07) is 7.80. The smallest absolute Gasteiger partial charge is 0.311 e. The summed E-state index contributed by atoms with van der Waals surface area (Å²) in [6.45, 7) is 4.08. The van der Waals surface area contributed by atoms with Gasteiger partial charge in [0.1, 0.15) is 0 Å². The summed E-state index contributed by atoms with van der Waals surface area (Å²) >= 11 is 1.26. The summed E-state index contributed by atoms with van der Waals surface area (Å²) in [7, 11) is 0. The number of aromatic nitrogens is 3. The molecule has 0 saturated carbocycles. The Balaban J connectivity index is 1.49. The van der Waals surface area contributed by atoms with E-state index in [9.17, 15) is 9.59 Å². The van der Waals surface area contributed by atoms with E-state index in [0.29, 0.717) is 35.6 Å². The Morgan fingerprint density at radius 2 is 2.00 bits per heavy atom. The minimum atomic E-state index is -0.341. The number of hydrogen-bond acceptors (Lipinski definition) is 8. The first-order valence-electron chi connectivity index (χ1n) is 8.83.